The van der Waals surface area contributed by atoms with E-state index < -0.39 is 0 Å². The second kappa shape index (κ2) is 14.5. The largest absolute Gasteiger partial charge is 0.493 e. The minimum atomic E-state index is -0.386. The molecule has 0 aromatic heterocycles. The Balaban J connectivity index is 1.48. The van der Waals surface area contributed by atoms with E-state index in [0.717, 1.165) is 53.6 Å². The molecule has 0 bridgehead atoms. The first kappa shape index (κ1) is 33.8. The highest BCUT2D eigenvalue weighted by Crippen LogP contribution is 2.44. The highest BCUT2D eigenvalue weighted by molar-refractivity contribution is 6.30. The van der Waals surface area contributed by atoms with Gasteiger partial charge in [0, 0.05) is 29.2 Å². The lowest BCUT2D eigenvalue weighted by Gasteiger charge is -2.38. The number of carbonyl (C=O) groups excluding carboxylic acids is 2. The monoisotopic (exact) mass is 645 g/mol. The van der Waals surface area contributed by atoms with Crippen molar-refractivity contribution in [3.63, 3.8) is 0 Å². The zero-order chi connectivity index (χ0) is 33.1. The van der Waals surface area contributed by atoms with Crippen molar-refractivity contribution in [1.29, 1.82) is 0 Å². The first-order valence-electron chi connectivity index (χ1n) is 16.6. The van der Waals surface area contributed by atoms with E-state index in [1.807, 2.05) is 65.3 Å². The van der Waals surface area contributed by atoms with Gasteiger partial charge in [-0.3, -0.25) is 9.59 Å². The summed E-state index contributed by atoms with van der Waals surface area (Å²) in [4.78, 5) is 33.7. The predicted octanol–water partition coefficient (Wildman–Crippen LogP) is 7.84. The van der Waals surface area contributed by atoms with E-state index in [1.165, 1.54) is 0 Å². The number of rotatable bonds is 11. The van der Waals surface area contributed by atoms with Gasteiger partial charge in [0.2, 0.25) is 11.8 Å². The van der Waals surface area contributed by atoms with Crippen LogP contribution in [-0.2, 0) is 16.0 Å². The van der Waals surface area contributed by atoms with Crippen molar-refractivity contribution in [1.82, 2.24) is 9.80 Å². The molecule has 46 heavy (non-hydrogen) atoms. The summed E-state index contributed by atoms with van der Waals surface area (Å²) in [5.41, 5.74) is 4.70. The molecule has 2 aliphatic rings. The highest BCUT2D eigenvalue weighted by atomic mass is 35.5. The summed E-state index contributed by atoms with van der Waals surface area (Å²) in [6.07, 6.45) is 4.01. The average Bonchev–Trinajstić information content (AvgIpc) is 3.56. The van der Waals surface area contributed by atoms with Crippen LogP contribution in [0.25, 0.3) is 0 Å². The van der Waals surface area contributed by atoms with Gasteiger partial charge in [-0.25, -0.2) is 0 Å². The van der Waals surface area contributed by atoms with Crippen LogP contribution in [0.3, 0.4) is 0 Å². The molecule has 5 rings (SSSR count). The molecule has 1 saturated carbocycles. The maximum absolute atomic E-state index is 14.0. The summed E-state index contributed by atoms with van der Waals surface area (Å²) in [6, 6.07) is 19.8. The lowest BCUT2D eigenvalue weighted by Crippen LogP contribution is -2.41. The standard InChI is InChI=1S/C38H48ClN3O4/c1-8-24(3)46-35-23-33-29(21-34(35)45-7)22-36(43)42(37(33)27-10-15-30(39)16-11-27)31-17-12-26(13-18-31)25(4)41(9-2)38(44)28-14-19-32(20-28)40(5)6/h10-13,15-18,21,23-25,28,32,37H,8-9,14,19-20,22H2,1-7H3/t24-,25?,28-,32-,37?/m1/s1. The Labute approximate surface area is 279 Å². The van der Waals surface area contributed by atoms with Crippen molar-refractivity contribution >= 4 is 29.1 Å². The third-order valence-corrected chi connectivity index (χ3v) is 10.2. The summed E-state index contributed by atoms with van der Waals surface area (Å²) in [7, 11) is 5.82. The van der Waals surface area contributed by atoms with Crippen LogP contribution in [0.1, 0.15) is 87.7 Å². The summed E-state index contributed by atoms with van der Waals surface area (Å²) < 4.78 is 12.0. The molecule has 2 amide bonds. The molecule has 8 heteroatoms. The molecule has 246 valence electrons. The van der Waals surface area contributed by atoms with Gasteiger partial charge in [-0.1, -0.05) is 42.8 Å². The Kier molecular flexibility index (Phi) is 10.6. The van der Waals surface area contributed by atoms with Crippen LogP contribution in [0.5, 0.6) is 11.5 Å². The summed E-state index contributed by atoms with van der Waals surface area (Å²) in [5.74, 6) is 1.58. The number of hydrogen-bond donors (Lipinski definition) is 0. The quantitative estimate of drug-likeness (QED) is 0.213. The van der Waals surface area contributed by atoms with Crippen molar-refractivity contribution < 1.29 is 19.1 Å². The predicted molar refractivity (Wildman–Crippen MR) is 185 cm³/mol. The number of ether oxygens (including phenoxy) is 2. The Morgan fingerprint density at radius 2 is 1.70 bits per heavy atom. The summed E-state index contributed by atoms with van der Waals surface area (Å²) in [6.45, 7) is 8.92. The Morgan fingerprint density at radius 3 is 2.28 bits per heavy atom. The SMILES string of the molecule is CC[C@@H](C)Oc1cc2c(cc1OC)CC(=O)N(c1ccc(C(C)N(CC)C(=O)[C@@H]3CC[C@@H](N(C)C)C3)cc1)C2c1ccc(Cl)cc1. The van der Waals surface area contributed by atoms with Crippen molar-refractivity contribution in [3.8, 4) is 11.5 Å². The van der Waals surface area contributed by atoms with Gasteiger partial charge in [0.05, 0.1) is 31.7 Å². The van der Waals surface area contributed by atoms with Crippen LogP contribution >= 0.6 is 11.6 Å². The maximum Gasteiger partial charge on any atom is 0.232 e. The second-order valence-corrected chi connectivity index (χ2v) is 13.4. The fourth-order valence-corrected chi connectivity index (χ4v) is 7.10. The first-order valence-corrected chi connectivity index (χ1v) is 17.0. The maximum atomic E-state index is 14.0. The lowest BCUT2D eigenvalue weighted by atomic mass is 9.86. The molecule has 5 atom stereocenters. The van der Waals surface area contributed by atoms with Gasteiger partial charge in [0.15, 0.2) is 11.5 Å². The minimum Gasteiger partial charge on any atom is -0.493 e. The molecule has 0 spiro atoms. The minimum absolute atomic E-state index is 0.00654. The fourth-order valence-electron chi connectivity index (χ4n) is 6.97. The number of carbonyl (C=O) groups is 2. The van der Waals surface area contributed by atoms with Gasteiger partial charge in [0.25, 0.3) is 0 Å². The highest BCUT2D eigenvalue weighted by Gasteiger charge is 2.37. The molecule has 3 aromatic carbocycles. The number of nitrogens with zero attached hydrogens (tertiary/aromatic N) is 3. The van der Waals surface area contributed by atoms with Crippen LogP contribution < -0.4 is 14.4 Å². The van der Waals surface area contributed by atoms with E-state index in [4.69, 9.17) is 21.1 Å². The molecule has 2 unspecified atom stereocenters. The molecule has 1 heterocycles. The topological polar surface area (TPSA) is 62.3 Å². The van der Waals surface area contributed by atoms with Crippen molar-refractivity contribution in [3.05, 3.63) is 87.9 Å². The zero-order valence-electron chi connectivity index (χ0n) is 28.3. The van der Waals surface area contributed by atoms with Crippen LogP contribution in [-0.4, -0.2) is 61.5 Å². The first-order chi connectivity index (χ1) is 22.1. The van der Waals surface area contributed by atoms with E-state index in [2.05, 4.69) is 51.9 Å². The zero-order valence-corrected chi connectivity index (χ0v) is 29.0. The van der Waals surface area contributed by atoms with Gasteiger partial charge < -0.3 is 24.2 Å². The van der Waals surface area contributed by atoms with Gasteiger partial charge in [0.1, 0.15) is 0 Å². The van der Waals surface area contributed by atoms with E-state index in [0.29, 0.717) is 29.1 Å². The summed E-state index contributed by atoms with van der Waals surface area (Å²) in [5, 5.41) is 0.636. The molecule has 0 N–H and O–H groups in total. The van der Waals surface area contributed by atoms with Gasteiger partial charge in [-0.15, -0.1) is 0 Å². The van der Waals surface area contributed by atoms with Crippen molar-refractivity contribution in [2.24, 2.45) is 5.92 Å². The lowest BCUT2D eigenvalue weighted by molar-refractivity contribution is -0.137. The molecule has 3 aromatic rings. The number of amides is 2. The van der Waals surface area contributed by atoms with E-state index in [9.17, 15) is 9.59 Å². The Morgan fingerprint density at radius 1 is 1.00 bits per heavy atom. The van der Waals surface area contributed by atoms with Crippen LogP contribution in [0.15, 0.2) is 60.7 Å². The number of anilines is 1. The smallest absolute Gasteiger partial charge is 0.232 e. The number of benzene rings is 3. The second-order valence-electron chi connectivity index (χ2n) is 13.0. The van der Waals surface area contributed by atoms with Crippen molar-refractivity contribution in [2.75, 3.05) is 32.6 Å². The molecule has 1 aliphatic heterocycles. The number of hydrogen-bond acceptors (Lipinski definition) is 5. The molecule has 1 fully saturated rings. The van der Waals surface area contributed by atoms with Gasteiger partial charge in [-0.2, -0.15) is 0 Å². The molecule has 0 saturated heterocycles. The Bertz CT molecular complexity index is 1520. The van der Waals surface area contributed by atoms with E-state index in [-0.39, 0.29) is 42.3 Å². The van der Waals surface area contributed by atoms with E-state index in [1.54, 1.807) is 7.11 Å². The van der Waals surface area contributed by atoms with Gasteiger partial charge in [-0.05, 0) is 119 Å². The number of fused-ring (bicyclic) bond motifs is 1. The van der Waals surface area contributed by atoms with Gasteiger partial charge >= 0.3 is 0 Å². The third-order valence-electron chi connectivity index (χ3n) is 9.91. The fraction of sp³-hybridized carbons (Fsp3) is 0.474. The molecule has 0 radical (unpaired) electrons. The number of halogens is 1. The van der Waals surface area contributed by atoms with Crippen molar-refractivity contribution in [2.45, 2.75) is 84.0 Å². The van der Waals surface area contributed by atoms with Crippen LogP contribution in [0.2, 0.25) is 5.02 Å². The number of methoxy groups -OCH3 is 1. The van der Waals surface area contributed by atoms with E-state index >= 15 is 0 Å². The molecular weight excluding hydrogens is 598 g/mol. The average molecular weight is 646 g/mol. The molecule has 7 nitrogen and oxygen atoms in total. The normalized spacial score (nSPS) is 20.8. The molecule has 1 aliphatic carbocycles. The molecular formula is C38H48ClN3O4. The third kappa shape index (κ3) is 6.91. The van der Waals surface area contributed by atoms with Crippen LogP contribution in [0, 0.1) is 5.92 Å². The summed E-state index contributed by atoms with van der Waals surface area (Å²) >= 11 is 6.29. The van der Waals surface area contributed by atoms with Crippen LogP contribution in [0.4, 0.5) is 5.69 Å². The Hall–Kier alpha value is -3.55.